The molecule has 5 rings (SSSR count). The number of hydrogen-bond donors (Lipinski definition) is 1. The number of rotatable bonds is 3. The van der Waals surface area contributed by atoms with Crippen molar-refractivity contribution in [1.82, 2.24) is 0 Å². The van der Waals surface area contributed by atoms with Crippen LogP contribution < -0.4 is 0 Å². The van der Waals surface area contributed by atoms with Crippen molar-refractivity contribution < 1.29 is 38.4 Å². The highest BCUT2D eigenvalue weighted by atomic mass is 16.6. The van der Waals surface area contributed by atoms with E-state index in [1.807, 2.05) is 0 Å². The van der Waals surface area contributed by atoms with Gasteiger partial charge in [0.1, 0.15) is 18.3 Å². The van der Waals surface area contributed by atoms with Gasteiger partial charge < -0.3 is 24.1 Å². The summed E-state index contributed by atoms with van der Waals surface area (Å²) < 4.78 is 23.9. The van der Waals surface area contributed by atoms with Crippen LogP contribution in [0, 0.1) is 28.6 Å². The molecule has 0 amide bonds. The van der Waals surface area contributed by atoms with Crippen molar-refractivity contribution in [3.8, 4) is 0 Å². The molecule has 10 atom stereocenters. The van der Waals surface area contributed by atoms with E-state index in [1.165, 1.54) is 20.8 Å². The zero-order chi connectivity index (χ0) is 26.0. The molecule has 36 heavy (non-hydrogen) atoms. The third-order valence-electron chi connectivity index (χ3n) is 10.4. The van der Waals surface area contributed by atoms with Crippen molar-refractivity contribution in [2.24, 2.45) is 28.6 Å². The molecular formula is C28H40O8. The van der Waals surface area contributed by atoms with Gasteiger partial charge in [-0.25, -0.2) is 0 Å². The molecule has 5 unspecified atom stereocenters. The number of hydrogen-bond acceptors (Lipinski definition) is 8. The van der Waals surface area contributed by atoms with Crippen LogP contribution in [0.25, 0.3) is 0 Å². The smallest absolute Gasteiger partial charge is 0.303 e. The molecule has 0 aromatic carbocycles. The van der Waals surface area contributed by atoms with E-state index in [-0.39, 0.29) is 58.7 Å². The monoisotopic (exact) mass is 504 g/mol. The van der Waals surface area contributed by atoms with E-state index in [4.69, 9.17) is 18.9 Å². The molecule has 4 aliphatic carbocycles. The van der Waals surface area contributed by atoms with Crippen LogP contribution >= 0.6 is 0 Å². The Morgan fingerprint density at radius 2 is 1.61 bits per heavy atom. The minimum Gasteiger partial charge on any atom is -0.462 e. The van der Waals surface area contributed by atoms with Gasteiger partial charge in [-0.15, -0.1) is 0 Å². The van der Waals surface area contributed by atoms with Crippen molar-refractivity contribution in [1.29, 1.82) is 0 Å². The van der Waals surface area contributed by atoms with E-state index in [0.29, 0.717) is 19.3 Å². The summed E-state index contributed by atoms with van der Waals surface area (Å²) in [5.74, 6) is -0.860. The highest BCUT2D eigenvalue weighted by Gasteiger charge is 2.70. The maximum Gasteiger partial charge on any atom is 0.303 e. The van der Waals surface area contributed by atoms with E-state index in [2.05, 4.69) is 19.9 Å². The highest BCUT2D eigenvalue weighted by molar-refractivity contribution is 5.67. The van der Waals surface area contributed by atoms with E-state index < -0.39 is 18.0 Å². The molecule has 1 spiro atoms. The predicted octanol–water partition coefficient (Wildman–Crippen LogP) is 3.83. The molecule has 0 radical (unpaired) electrons. The van der Waals surface area contributed by atoms with Gasteiger partial charge in [-0.2, -0.15) is 0 Å². The lowest BCUT2D eigenvalue weighted by molar-refractivity contribution is -0.228. The first kappa shape index (κ1) is 25.7. The van der Waals surface area contributed by atoms with Crippen molar-refractivity contribution in [2.45, 2.75) is 116 Å². The minimum atomic E-state index is -0.776. The SMILES string of the molecule is CC(=O)O[C@H]1CC[C@@]2(C)C(=C[C@H](OC(C)=O)C3C2[C@H](OC(C)=O)C[C@@]2(C)C3CCC23CCC(O)O3)C1. The fraction of sp³-hybridized carbons (Fsp3) is 0.821. The van der Waals surface area contributed by atoms with Crippen LogP contribution in [0.1, 0.15) is 86.0 Å². The van der Waals surface area contributed by atoms with Crippen molar-refractivity contribution in [3.05, 3.63) is 11.6 Å². The Hall–Kier alpha value is -1.93. The lowest BCUT2D eigenvalue weighted by Crippen LogP contribution is -2.63. The molecule has 8 nitrogen and oxygen atoms in total. The zero-order valence-electron chi connectivity index (χ0n) is 22.1. The Morgan fingerprint density at radius 3 is 2.22 bits per heavy atom. The predicted molar refractivity (Wildman–Crippen MR) is 128 cm³/mol. The normalized spacial score (nSPS) is 47.3. The van der Waals surface area contributed by atoms with Crippen molar-refractivity contribution in [3.63, 3.8) is 0 Å². The Labute approximate surface area is 213 Å². The van der Waals surface area contributed by atoms with Gasteiger partial charge in [0.15, 0.2) is 6.29 Å². The maximum absolute atomic E-state index is 12.4. The molecular weight excluding hydrogens is 464 g/mol. The van der Waals surface area contributed by atoms with Gasteiger partial charge in [-0.05, 0) is 55.9 Å². The zero-order valence-corrected chi connectivity index (χ0v) is 22.1. The summed E-state index contributed by atoms with van der Waals surface area (Å²) in [6, 6.07) is 0. The molecule has 1 saturated heterocycles. The molecule has 1 heterocycles. The number of carbonyl (C=O) groups excluding carboxylic acids is 3. The van der Waals surface area contributed by atoms with Crippen molar-refractivity contribution >= 4 is 17.9 Å². The van der Waals surface area contributed by atoms with Crippen LogP contribution in [0.3, 0.4) is 0 Å². The Morgan fingerprint density at radius 1 is 0.944 bits per heavy atom. The molecule has 0 aromatic rings. The van der Waals surface area contributed by atoms with Gasteiger partial charge in [0, 0.05) is 50.9 Å². The van der Waals surface area contributed by atoms with Gasteiger partial charge in [0.05, 0.1) is 5.60 Å². The number of aliphatic hydroxyl groups is 1. The van der Waals surface area contributed by atoms with Gasteiger partial charge >= 0.3 is 17.9 Å². The third-order valence-corrected chi connectivity index (χ3v) is 10.4. The first-order valence-electron chi connectivity index (χ1n) is 13.5. The van der Waals surface area contributed by atoms with Gasteiger partial charge in [-0.3, -0.25) is 14.4 Å². The standard InChI is InChI=1S/C28H40O8/c1-15(29)33-19-6-9-26(4)18(12-19)13-21(34-16(2)30)24-20-7-10-28(11-8-23(32)36-28)27(20,5)14-22(25(24)26)35-17(3)31/h13,19-25,32H,6-12,14H2,1-5H3/t19-,20?,21-,22+,23?,24?,25?,26-,27-,28?/m0/s1. The highest BCUT2D eigenvalue weighted by Crippen LogP contribution is 2.70. The van der Waals surface area contributed by atoms with Crippen LogP contribution in [-0.4, -0.2) is 53.2 Å². The number of ether oxygens (including phenoxy) is 4. The van der Waals surface area contributed by atoms with Crippen molar-refractivity contribution in [2.75, 3.05) is 0 Å². The first-order chi connectivity index (χ1) is 16.9. The Balaban J connectivity index is 1.60. The van der Waals surface area contributed by atoms with Crippen LogP contribution in [0.15, 0.2) is 11.6 Å². The largest absolute Gasteiger partial charge is 0.462 e. The van der Waals surface area contributed by atoms with Crippen LogP contribution in [0.5, 0.6) is 0 Å². The van der Waals surface area contributed by atoms with Gasteiger partial charge in [-0.1, -0.05) is 19.4 Å². The second kappa shape index (κ2) is 8.83. The number of esters is 3. The lowest BCUT2D eigenvalue weighted by Gasteiger charge is -2.62. The second-order valence-corrected chi connectivity index (χ2v) is 12.3. The van der Waals surface area contributed by atoms with Gasteiger partial charge in [0.2, 0.25) is 0 Å². The fourth-order valence-corrected chi connectivity index (χ4v) is 9.05. The molecule has 1 N–H and O–H groups in total. The molecule has 3 saturated carbocycles. The minimum absolute atomic E-state index is 0.0384. The topological polar surface area (TPSA) is 108 Å². The van der Waals surface area contributed by atoms with Crippen LogP contribution in [0.4, 0.5) is 0 Å². The summed E-state index contributed by atoms with van der Waals surface area (Å²) in [6.07, 6.45) is 6.16. The Kier molecular flexibility index (Phi) is 6.30. The summed E-state index contributed by atoms with van der Waals surface area (Å²) >= 11 is 0. The summed E-state index contributed by atoms with van der Waals surface area (Å²) in [5.41, 5.74) is 0.0407. The van der Waals surface area contributed by atoms with Gasteiger partial charge in [0.25, 0.3) is 0 Å². The van der Waals surface area contributed by atoms with E-state index in [0.717, 1.165) is 37.7 Å². The molecule has 200 valence electrons. The summed E-state index contributed by atoms with van der Waals surface area (Å²) in [6.45, 7) is 8.77. The molecule has 8 heteroatoms. The number of carbonyl (C=O) groups is 3. The second-order valence-electron chi connectivity index (χ2n) is 12.3. The van der Waals surface area contributed by atoms with Crippen LogP contribution in [0.2, 0.25) is 0 Å². The molecule has 0 bridgehead atoms. The summed E-state index contributed by atoms with van der Waals surface area (Å²) in [4.78, 5) is 36.4. The van der Waals surface area contributed by atoms with E-state index >= 15 is 0 Å². The third kappa shape index (κ3) is 3.90. The Bertz CT molecular complexity index is 975. The fourth-order valence-electron chi connectivity index (χ4n) is 9.05. The molecule has 5 aliphatic rings. The summed E-state index contributed by atoms with van der Waals surface area (Å²) in [7, 11) is 0. The molecule has 4 fully saturated rings. The quantitative estimate of drug-likeness (QED) is 0.351. The maximum atomic E-state index is 12.4. The van der Waals surface area contributed by atoms with E-state index in [9.17, 15) is 19.5 Å². The number of aliphatic hydroxyl groups excluding tert-OH is 1. The average molecular weight is 505 g/mol. The van der Waals surface area contributed by atoms with Crippen LogP contribution in [-0.2, 0) is 33.3 Å². The molecule has 1 aliphatic heterocycles. The lowest BCUT2D eigenvalue weighted by atomic mass is 9.45. The van der Waals surface area contributed by atoms with E-state index in [1.54, 1.807) is 0 Å². The average Bonchev–Trinajstić information content (AvgIpc) is 3.27. The summed E-state index contributed by atoms with van der Waals surface area (Å²) in [5, 5.41) is 10.3. The molecule has 0 aromatic heterocycles. The number of fused-ring (bicyclic) bond motifs is 6. The first-order valence-corrected chi connectivity index (χ1v) is 13.5.